The Labute approximate surface area is 172 Å². The van der Waals surface area contributed by atoms with Crippen LogP contribution in [-0.2, 0) is 17.9 Å². The Kier molecular flexibility index (Phi) is 3.74. The first-order valence-corrected chi connectivity index (χ1v) is 10.5. The highest BCUT2D eigenvalue weighted by Crippen LogP contribution is 2.54. The van der Waals surface area contributed by atoms with Gasteiger partial charge in [-0.25, -0.2) is 0 Å². The zero-order chi connectivity index (χ0) is 20.6. The number of para-hydroxylation sites is 1. The number of fused-ring (bicyclic) bond motifs is 5. The number of aromatic nitrogens is 2. The summed E-state index contributed by atoms with van der Waals surface area (Å²) in [6.07, 6.45) is 4.20. The molecule has 5 rings (SSSR count). The molecule has 0 bridgehead atoms. The Morgan fingerprint density at radius 1 is 0.931 bits per heavy atom. The Hall–Kier alpha value is -2.68. The van der Waals surface area contributed by atoms with Gasteiger partial charge in [-0.1, -0.05) is 50.6 Å². The van der Waals surface area contributed by atoms with Crippen LogP contribution >= 0.6 is 0 Å². The fourth-order valence-electron chi connectivity index (χ4n) is 5.47. The molecule has 2 aromatic carbocycles. The molecule has 2 heterocycles. The van der Waals surface area contributed by atoms with Gasteiger partial charge in [-0.15, -0.1) is 0 Å². The van der Waals surface area contributed by atoms with Crippen LogP contribution in [0.1, 0.15) is 57.2 Å². The van der Waals surface area contributed by atoms with Gasteiger partial charge in [0.25, 0.3) is 0 Å². The minimum absolute atomic E-state index is 0.107. The molecular formula is C26H29N2O+. The van der Waals surface area contributed by atoms with Crippen molar-refractivity contribution < 1.29 is 9.10 Å². The zero-order valence-corrected chi connectivity index (χ0v) is 18.3. The Morgan fingerprint density at radius 3 is 2.34 bits per heavy atom. The standard InChI is InChI=1S/C26H29N2O/c1-16-20(18-11-9-15-27-28(18)6)24-21(17-10-7-8-12-19(17)29-24)23-22(16)25(2,3)13-14-26(23,4)5/h7-12,15H,13-14H2,1-6H3/q+1. The second-order valence-electron chi connectivity index (χ2n) is 9.85. The molecule has 3 heteroatoms. The van der Waals surface area contributed by atoms with E-state index < -0.39 is 0 Å². The first-order valence-electron chi connectivity index (χ1n) is 10.5. The number of hydrogen-bond acceptors (Lipinski definition) is 2. The van der Waals surface area contributed by atoms with Crippen LogP contribution in [-0.4, -0.2) is 5.10 Å². The summed E-state index contributed by atoms with van der Waals surface area (Å²) in [5, 5.41) is 7.02. The Morgan fingerprint density at radius 2 is 1.62 bits per heavy atom. The number of hydrogen-bond donors (Lipinski definition) is 0. The van der Waals surface area contributed by atoms with Crippen molar-refractivity contribution in [3.8, 4) is 11.3 Å². The molecule has 0 atom stereocenters. The lowest BCUT2D eigenvalue weighted by molar-refractivity contribution is -0.720. The maximum absolute atomic E-state index is 6.56. The summed E-state index contributed by atoms with van der Waals surface area (Å²) in [4.78, 5) is 0. The summed E-state index contributed by atoms with van der Waals surface area (Å²) in [5.74, 6) is 0. The molecule has 0 unspecified atom stereocenters. The molecule has 0 amide bonds. The van der Waals surface area contributed by atoms with Crippen molar-refractivity contribution >= 4 is 21.9 Å². The molecule has 4 aromatic rings. The van der Waals surface area contributed by atoms with Crippen molar-refractivity contribution in [2.75, 3.05) is 0 Å². The second kappa shape index (κ2) is 5.91. The average molecular weight is 386 g/mol. The van der Waals surface area contributed by atoms with Crippen LogP contribution in [0.4, 0.5) is 0 Å². The van der Waals surface area contributed by atoms with Crippen molar-refractivity contribution in [2.45, 2.75) is 58.3 Å². The van der Waals surface area contributed by atoms with E-state index in [2.05, 4.69) is 70.0 Å². The van der Waals surface area contributed by atoms with E-state index in [1.54, 1.807) is 0 Å². The van der Waals surface area contributed by atoms with Gasteiger partial charge in [-0.05, 0) is 64.5 Å². The fraction of sp³-hybridized carbons (Fsp3) is 0.385. The van der Waals surface area contributed by atoms with Crippen LogP contribution < -0.4 is 4.68 Å². The highest BCUT2D eigenvalue weighted by molar-refractivity contribution is 6.12. The van der Waals surface area contributed by atoms with Gasteiger partial charge in [0.1, 0.15) is 11.2 Å². The smallest absolute Gasteiger partial charge is 0.242 e. The lowest BCUT2D eigenvalue weighted by Crippen LogP contribution is -2.37. The summed E-state index contributed by atoms with van der Waals surface area (Å²) in [6.45, 7) is 11.9. The maximum atomic E-state index is 6.56. The van der Waals surface area contributed by atoms with Crippen molar-refractivity contribution in [3.63, 3.8) is 0 Å². The van der Waals surface area contributed by atoms with E-state index in [0.29, 0.717) is 0 Å². The summed E-state index contributed by atoms with van der Waals surface area (Å²) in [6, 6.07) is 12.6. The third kappa shape index (κ3) is 2.49. The van der Waals surface area contributed by atoms with Crippen LogP contribution in [0.15, 0.2) is 47.0 Å². The number of rotatable bonds is 1. The molecule has 3 nitrogen and oxygen atoms in total. The molecule has 0 spiro atoms. The summed E-state index contributed by atoms with van der Waals surface area (Å²) in [5.41, 5.74) is 8.75. The van der Waals surface area contributed by atoms with Gasteiger partial charge in [0, 0.05) is 16.8 Å². The predicted molar refractivity (Wildman–Crippen MR) is 118 cm³/mol. The van der Waals surface area contributed by atoms with Crippen LogP contribution in [0.5, 0.6) is 0 Å². The van der Waals surface area contributed by atoms with Crippen molar-refractivity contribution in [2.24, 2.45) is 7.05 Å². The van der Waals surface area contributed by atoms with Crippen molar-refractivity contribution in [1.82, 2.24) is 5.10 Å². The highest BCUT2D eigenvalue weighted by atomic mass is 16.3. The van der Waals surface area contributed by atoms with Gasteiger partial charge in [0.2, 0.25) is 5.69 Å². The number of furan rings is 1. The normalized spacial score (nSPS) is 17.6. The first kappa shape index (κ1) is 18.4. The molecule has 2 aromatic heterocycles. The molecule has 148 valence electrons. The van der Waals surface area contributed by atoms with Crippen molar-refractivity contribution in [3.05, 3.63) is 59.3 Å². The molecule has 0 saturated carbocycles. The Balaban J connectivity index is 2.09. The van der Waals surface area contributed by atoms with Gasteiger partial charge in [0.05, 0.1) is 11.8 Å². The van der Waals surface area contributed by atoms with Crippen LogP contribution in [0.25, 0.3) is 33.2 Å². The fourth-order valence-corrected chi connectivity index (χ4v) is 5.47. The van der Waals surface area contributed by atoms with Crippen LogP contribution in [0, 0.1) is 6.92 Å². The third-order valence-corrected chi connectivity index (χ3v) is 6.99. The predicted octanol–water partition coefficient (Wildman–Crippen LogP) is 6.13. The van der Waals surface area contributed by atoms with E-state index in [1.807, 2.05) is 24.0 Å². The topological polar surface area (TPSA) is 29.9 Å². The quantitative estimate of drug-likeness (QED) is 0.369. The summed E-state index contributed by atoms with van der Waals surface area (Å²) >= 11 is 0. The number of nitrogens with zero attached hydrogens (tertiary/aromatic N) is 2. The first-order chi connectivity index (χ1) is 13.7. The second-order valence-corrected chi connectivity index (χ2v) is 9.85. The minimum Gasteiger partial charge on any atom is -0.455 e. The van der Waals surface area contributed by atoms with E-state index in [-0.39, 0.29) is 10.8 Å². The lowest BCUT2D eigenvalue weighted by Gasteiger charge is -2.43. The average Bonchev–Trinajstić information content (AvgIpc) is 3.04. The summed E-state index contributed by atoms with van der Waals surface area (Å²) in [7, 11) is 2.01. The SMILES string of the molecule is Cc1c2c(c3c(oc4ccccc43)c1-c1cccn[n+]1C)C(C)(C)CCC2(C)C. The van der Waals surface area contributed by atoms with Gasteiger partial charge in [-0.3, -0.25) is 0 Å². The molecule has 29 heavy (non-hydrogen) atoms. The van der Waals surface area contributed by atoms with Gasteiger partial charge in [0.15, 0.2) is 7.05 Å². The molecule has 0 fully saturated rings. The van der Waals surface area contributed by atoms with E-state index in [1.165, 1.54) is 45.9 Å². The molecule has 0 saturated heterocycles. The van der Waals surface area contributed by atoms with E-state index in [0.717, 1.165) is 16.9 Å². The largest absolute Gasteiger partial charge is 0.455 e. The molecule has 0 radical (unpaired) electrons. The molecule has 0 N–H and O–H groups in total. The molecular weight excluding hydrogens is 356 g/mol. The highest BCUT2D eigenvalue weighted by Gasteiger charge is 2.42. The number of aryl methyl sites for hydroxylation is 1. The van der Waals surface area contributed by atoms with E-state index in [4.69, 9.17) is 4.42 Å². The third-order valence-electron chi connectivity index (χ3n) is 6.99. The molecule has 1 aliphatic rings. The monoisotopic (exact) mass is 385 g/mol. The Bertz CT molecular complexity index is 1280. The van der Waals surface area contributed by atoms with Crippen LogP contribution in [0.3, 0.4) is 0 Å². The van der Waals surface area contributed by atoms with Gasteiger partial charge in [-0.2, -0.15) is 0 Å². The van der Waals surface area contributed by atoms with Crippen molar-refractivity contribution in [1.29, 1.82) is 0 Å². The van der Waals surface area contributed by atoms with Gasteiger partial charge >= 0.3 is 0 Å². The summed E-state index contributed by atoms with van der Waals surface area (Å²) < 4.78 is 8.52. The van der Waals surface area contributed by atoms with Gasteiger partial charge < -0.3 is 4.42 Å². The zero-order valence-electron chi connectivity index (χ0n) is 18.3. The molecule has 1 aliphatic carbocycles. The lowest BCUT2D eigenvalue weighted by atomic mass is 9.60. The van der Waals surface area contributed by atoms with E-state index >= 15 is 0 Å². The minimum atomic E-state index is 0.107. The van der Waals surface area contributed by atoms with E-state index in [9.17, 15) is 0 Å². The maximum Gasteiger partial charge on any atom is 0.242 e. The molecule has 0 aliphatic heterocycles. The number of benzene rings is 2. The van der Waals surface area contributed by atoms with Crippen LogP contribution in [0.2, 0.25) is 0 Å².